The molecule has 0 aromatic heterocycles. The van der Waals surface area contributed by atoms with Crippen molar-refractivity contribution in [2.45, 2.75) is 31.1 Å². The molecule has 10 heteroatoms. The molecular formula is C21H20F2N2O5S. The van der Waals surface area contributed by atoms with E-state index >= 15 is 0 Å². The summed E-state index contributed by atoms with van der Waals surface area (Å²) in [6.07, 6.45) is 0.248. The molecule has 0 bridgehead atoms. The summed E-state index contributed by atoms with van der Waals surface area (Å²) >= 11 is 0.921. The number of hydrogen-bond acceptors (Lipinski definition) is 7. The molecule has 31 heavy (non-hydrogen) atoms. The lowest BCUT2D eigenvalue weighted by Crippen LogP contribution is -2.34. The van der Waals surface area contributed by atoms with E-state index in [0.717, 1.165) is 29.5 Å². The summed E-state index contributed by atoms with van der Waals surface area (Å²) in [4.78, 5) is 34.5. The van der Waals surface area contributed by atoms with Crippen LogP contribution in [0.1, 0.15) is 18.1 Å². The number of rotatable bonds is 8. The van der Waals surface area contributed by atoms with E-state index in [1.165, 1.54) is 12.1 Å². The van der Waals surface area contributed by atoms with Crippen molar-refractivity contribution in [2.24, 2.45) is 5.73 Å². The summed E-state index contributed by atoms with van der Waals surface area (Å²) in [5.74, 6) is -3.26. The highest BCUT2D eigenvalue weighted by Crippen LogP contribution is 2.30. The molecule has 0 spiro atoms. The smallest absolute Gasteiger partial charge is 0.323 e. The van der Waals surface area contributed by atoms with Gasteiger partial charge in [0.15, 0.2) is 17.4 Å². The minimum Gasteiger partial charge on any atom is -0.465 e. The third-order valence-electron chi connectivity index (χ3n) is 4.43. The Balaban J connectivity index is 1.66. The van der Waals surface area contributed by atoms with E-state index in [4.69, 9.17) is 15.2 Å². The summed E-state index contributed by atoms with van der Waals surface area (Å²) in [5, 5.41) is 1.32. The van der Waals surface area contributed by atoms with Crippen molar-refractivity contribution in [3.63, 3.8) is 0 Å². The summed E-state index contributed by atoms with van der Waals surface area (Å²) in [6, 6.07) is 7.39. The molecule has 0 radical (unpaired) electrons. The molecule has 1 aliphatic rings. The Labute approximate surface area is 181 Å². The van der Waals surface area contributed by atoms with E-state index in [0.29, 0.717) is 6.42 Å². The average molecular weight is 450 g/mol. The zero-order valence-corrected chi connectivity index (χ0v) is 17.3. The number of halogens is 2. The molecule has 2 unspecified atom stereocenters. The molecule has 0 saturated carbocycles. The van der Waals surface area contributed by atoms with Crippen molar-refractivity contribution >= 4 is 28.9 Å². The van der Waals surface area contributed by atoms with Crippen LogP contribution in [0.2, 0.25) is 0 Å². The second-order valence-corrected chi connectivity index (χ2v) is 7.96. The van der Waals surface area contributed by atoms with Crippen LogP contribution in [0.15, 0.2) is 36.4 Å². The lowest BCUT2D eigenvalue weighted by Gasteiger charge is -2.13. The summed E-state index contributed by atoms with van der Waals surface area (Å²) in [6.45, 7) is 1.79. The highest BCUT2D eigenvalue weighted by molar-refractivity contribution is 8.15. The number of esters is 1. The van der Waals surface area contributed by atoms with Crippen molar-refractivity contribution in [3.8, 4) is 11.5 Å². The van der Waals surface area contributed by atoms with Crippen LogP contribution in [0, 0.1) is 11.6 Å². The van der Waals surface area contributed by atoms with Crippen molar-refractivity contribution in [1.29, 1.82) is 0 Å². The monoisotopic (exact) mass is 450 g/mol. The first-order valence-electron chi connectivity index (χ1n) is 9.45. The number of carbonyl (C=O) groups excluding carboxylic acids is 3. The summed E-state index contributed by atoms with van der Waals surface area (Å²) in [5.41, 5.74) is 6.65. The van der Waals surface area contributed by atoms with Crippen LogP contribution in [0.25, 0.3) is 0 Å². The number of imide groups is 1. The van der Waals surface area contributed by atoms with Gasteiger partial charge in [0.05, 0.1) is 11.9 Å². The van der Waals surface area contributed by atoms with Crippen molar-refractivity contribution in [1.82, 2.24) is 5.32 Å². The van der Waals surface area contributed by atoms with Gasteiger partial charge >= 0.3 is 5.97 Å². The van der Waals surface area contributed by atoms with Gasteiger partial charge in [-0.25, -0.2) is 8.78 Å². The maximum absolute atomic E-state index is 14.4. The lowest BCUT2D eigenvalue weighted by atomic mass is 10.1. The summed E-state index contributed by atoms with van der Waals surface area (Å²) < 4.78 is 39.0. The standard InChI is InChI=1S/C21H20F2N2O5S/c1-2-29-20(27)16(24)9-12-7-14(22)18(15(23)8-12)30-13-5-3-11(4-6-13)10-17-19(26)25-21(28)31-17/h3-8,16-17H,2,9-10,24H2,1H3,(H,25,26,28). The molecule has 1 aliphatic heterocycles. The van der Waals surface area contributed by atoms with Gasteiger partial charge in [0.2, 0.25) is 5.91 Å². The summed E-state index contributed by atoms with van der Waals surface area (Å²) in [7, 11) is 0. The van der Waals surface area contributed by atoms with Gasteiger partial charge in [-0.15, -0.1) is 0 Å². The van der Waals surface area contributed by atoms with Gasteiger partial charge < -0.3 is 15.2 Å². The van der Waals surface area contributed by atoms with Gasteiger partial charge in [-0.1, -0.05) is 23.9 Å². The predicted octanol–water partition coefficient (Wildman–Crippen LogP) is 3.08. The molecule has 1 saturated heterocycles. The Kier molecular flexibility index (Phi) is 7.24. The Morgan fingerprint density at radius 2 is 1.81 bits per heavy atom. The number of benzene rings is 2. The number of hydrogen-bond donors (Lipinski definition) is 2. The second-order valence-electron chi connectivity index (χ2n) is 6.78. The highest BCUT2D eigenvalue weighted by atomic mass is 32.2. The number of nitrogens with one attached hydrogen (secondary N) is 1. The Morgan fingerprint density at radius 3 is 2.35 bits per heavy atom. The molecule has 1 heterocycles. The van der Waals surface area contributed by atoms with Gasteiger partial charge in [-0.3, -0.25) is 19.7 Å². The van der Waals surface area contributed by atoms with Crippen LogP contribution in [-0.4, -0.2) is 35.0 Å². The fourth-order valence-electron chi connectivity index (χ4n) is 2.97. The van der Waals surface area contributed by atoms with Gasteiger partial charge in [-0.05, 0) is 55.2 Å². The maximum atomic E-state index is 14.4. The zero-order chi connectivity index (χ0) is 22.5. The molecule has 2 aromatic carbocycles. The molecule has 7 nitrogen and oxygen atoms in total. The molecule has 2 atom stereocenters. The van der Waals surface area contributed by atoms with Crippen LogP contribution in [-0.2, 0) is 27.2 Å². The average Bonchev–Trinajstić information content (AvgIpc) is 3.03. The number of ether oxygens (including phenoxy) is 2. The molecule has 2 aromatic rings. The van der Waals surface area contributed by atoms with Crippen LogP contribution in [0.4, 0.5) is 13.6 Å². The van der Waals surface area contributed by atoms with E-state index in [2.05, 4.69) is 5.32 Å². The topological polar surface area (TPSA) is 108 Å². The van der Waals surface area contributed by atoms with Crippen molar-refractivity contribution < 1.29 is 32.6 Å². The molecule has 3 rings (SSSR count). The molecule has 2 amide bonds. The highest BCUT2D eigenvalue weighted by Gasteiger charge is 2.31. The molecule has 1 fully saturated rings. The van der Waals surface area contributed by atoms with Crippen LogP contribution in [0.5, 0.6) is 11.5 Å². The first-order chi connectivity index (χ1) is 14.8. The number of carbonyl (C=O) groups is 3. The van der Waals surface area contributed by atoms with E-state index in [1.54, 1.807) is 19.1 Å². The fraction of sp³-hybridized carbons (Fsp3) is 0.286. The van der Waals surface area contributed by atoms with Gasteiger partial charge in [0, 0.05) is 0 Å². The third-order valence-corrected chi connectivity index (χ3v) is 5.42. The maximum Gasteiger partial charge on any atom is 0.323 e. The molecule has 0 aliphatic carbocycles. The van der Waals surface area contributed by atoms with Crippen molar-refractivity contribution in [2.75, 3.05) is 6.61 Å². The number of thioether (sulfide) groups is 1. The first-order valence-corrected chi connectivity index (χ1v) is 10.3. The van der Waals surface area contributed by atoms with E-state index in [-0.39, 0.29) is 35.5 Å². The Hall–Kier alpha value is -2.98. The van der Waals surface area contributed by atoms with Crippen LogP contribution < -0.4 is 15.8 Å². The SMILES string of the molecule is CCOC(=O)C(N)Cc1cc(F)c(Oc2ccc(CC3SC(=O)NC3=O)cc2)c(F)c1. The zero-order valence-electron chi connectivity index (χ0n) is 16.5. The van der Waals surface area contributed by atoms with Gasteiger partial charge in [0.25, 0.3) is 5.24 Å². The first kappa shape index (κ1) is 22.7. The second kappa shape index (κ2) is 9.88. The Morgan fingerprint density at radius 1 is 1.16 bits per heavy atom. The van der Waals surface area contributed by atoms with Crippen LogP contribution in [0.3, 0.4) is 0 Å². The Bertz CT molecular complexity index is 977. The lowest BCUT2D eigenvalue weighted by molar-refractivity contribution is -0.144. The van der Waals surface area contributed by atoms with E-state index in [9.17, 15) is 23.2 Å². The minimum absolute atomic E-state index is 0.0864. The van der Waals surface area contributed by atoms with E-state index < -0.39 is 34.6 Å². The normalized spacial score (nSPS) is 16.7. The quantitative estimate of drug-likeness (QED) is 0.595. The predicted molar refractivity (Wildman–Crippen MR) is 110 cm³/mol. The third kappa shape index (κ3) is 5.80. The minimum atomic E-state index is -1.03. The van der Waals surface area contributed by atoms with Crippen LogP contribution >= 0.6 is 11.8 Å². The number of nitrogens with two attached hydrogens (primary N) is 1. The largest absolute Gasteiger partial charge is 0.465 e. The fourth-order valence-corrected chi connectivity index (χ4v) is 3.83. The van der Waals surface area contributed by atoms with E-state index in [1.807, 2.05) is 0 Å². The molecular weight excluding hydrogens is 430 g/mol. The molecule has 164 valence electrons. The number of amides is 2. The molecule has 3 N–H and O–H groups in total. The van der Waals surface area contributed by atoms with Gasteiger partial charge in [-0.2, -0.15) is 0 Å². The van der Waals surface area contributed by atoms with Crippen molar-refractivity contribution in [3.05, 3.63) is 59.2 Å². The van der Waals surface area contributed by atoms with Gasteiger partial charge in [0.1, 0.15) is 11.8 Å².